The molecule has 1 aromatic rings. The predicted molar refractivity (Wildman–Crippen MR) is 67.4 cm³/mol. The van der Waals surface area contributed by atoms with Gasteiger partial charge in [-0.25, -0.2) is 0 Å². The van der Waals surface area contributed by atoms with Crippen LogP contribution in [0.2, 0.25) is 0 Å². The van der Waals surface area contributed by atoms with Crippen LogP contribution in [0.25, 0.3) is 0 Å². The molecule has 0 spiro atoms. The van der Waals surface area contributed by atoms with E-state index in [0.717, 1.165) is 31.0 Å². The average Bonchev–Trinajstić information content (AvgIpc) is 2.71. The van der Waals surface area contributed by atoms with E-state index in [4.69, 9.17) is 4.42 Å². The molecule has 1 N–H and O–H groups in total. The summed E-state index contributed by atoms with van der Waals surface area (Å²) in [4.78, 5) is 0. The zero-order valence-corrected chi connectivity index (χ0v) is 10.5. The Morgan fingerprint density at radius 3 is 2.73 bits per heavy atom. The Balaban J connectivity index is 2.04. The first-order valence-electron chi connectivity index (χ1n) is 5.64. The van der Waals surface area contributed by atoms with E-state index >= 15 is 0 Å². The third kappa shape index (κ3) is 5.28. The van der Waals surface area contributed by atoms with Crippen LogP contribution in [0.5, 0.6) is 0 Å². The number of aryl methyl sites for hydroxylation is 1. The van der Waals surface area contributed by atoms with Crippen LogP contribution >= 0.6 is 11.8 Å². The summed E-state index contributed by atoms with van der Waals surface area (Å²) in [6.45, 7) is 4.06. The van der Waals surface area contributed by atoms with E-state index in [1.54, 1.807) is 0 Å². The highest BCUT2D eigenvalue weighted by atomic mass is 32.2. The third-order valence-electron chi connectivity index (χ3n) is 2.32. The maximum absolute atomic E-state index is 5.59. The minimum absolute atomic E-state index is 0.860. The predicted octanol–water partition coefficient (Wildman–Crippen LogP) is 3.07. The van der Waals surface area contributed by atoms with E-state index in [0.29, 0.717) is 0 Å². The van der Waals surface area contributed by atoms with Gasteiger partial charge in [0.15, 0.2) is 0 Å². The van der Waals surface area contributed by atoms with Gasteiger partial charge in [-0.3, -0.25) is 0 Å². The lowest BCUT2D eigenvalue weighted by atomic mass is 10.3. The molecule has 0 saturated carbocycles. The van der Waals surface area contributed by atoms with E-state index in [1.807, 2.05) is 11.8 Å². The Morgan fingerprint density at radius 1 is 1.27 bits per heavy atom. The summed E-state index contributed by atoms with van der Waals surface area (Å²) in [5.74, 6) is 3.40. The molecule has 2 nitrogen and oxygen atoms in total. The van der Waals surface area contributed by atoms with Crippen molar-refractivity contribution in [2.24, 2.45) is 0 Å². The second kappa shape index (κ2) is 7.83. The Morgan fingerprint density at radius 2 is 2.07 bits per heavy atom. The van der Waals surface area contributed by atoms with E-state index in [9.17, 15) is 0 Å². The van der Waals surface area contributed by atoms with Gasteiger partial charge in [-0.05, 0) is 43.5 Å². The monoisotopic (exact) mass is 227 g/mol. The van der Waals surface area contributed by atoms with Crippen molar-refractivity contribution >= 4 is 11.8 Å². The molecule has 1 rings (SSSR count). The van der Waals surface area contributed by atoms with Crippen molar-refractivity contribution in [2.75, 3.05) is 18.6 Å². The Bertz CT molecular complexity index is 260. The van der Waals surface area contributed by atoms with Gasteiger partial charge in [0.1, 0.15) is 11.5 Å². The molecular formula is C12H21NOS. The van der Waals surface area contributed by atoms with Gasteiger partial charge >= 0.3 is 0 Å². The van der Waals surface area contributed by atoms with Crippen LogP contribution in [0.3, 0.4) is 0 Å². The van der Waals surface area contributed by atoms with Gasteiger partial charge < -0.3 is 9.73 Å². The summed E-state index contributed by atoms with van der Waals surface area (Å²) in [7, 11) is 0. The Labute approximate surface area is 96.8 Å². The molecule has 0 amide bonds. The standard InChI is InChI=1S/C12H21NOS/c1-3-11-6-7-12(14-11)10-13-8-4-5-9-15-2/h6-7,13H,3-5,8-10H2,1-2H3. The topological polar surface area (TPSA) is 25.2 Å². The highest BCUT2D eigenvalue weighted by Gasteiger charge is 1.98. The first-order valence-corrected chi connectivity index (χ1v) is 7.03. The lowest BCUT2D eigenvalue weighted by Crippen LogP contribution is -2.14. The van der Waals surface area contributed by atoms with E-state index in [2.05, 4.69) is 30.6 Å². The fourth-order valence-electron chi connectivity index (χ4n) is 1.42. The zero-order chi connectivity index (χ0) is 10.9. The molecule has 0 radical (unpaired) electrons. The van der Waals surface area contributed by atoms with Crippen molar-refractivity contribution in [3.8, 4) is 0 Å². The van der Waals surface area contributed by atoms with Crippen LogP contribution in [0.4, 0.5) is 0 Å². The molecule has 0 unspecified atom stereocenters. The fourth-order valence-corrected chi connectivity index (χ4v) is 1.91. The minimum atomic E-state index is 0.860. The molecule has 15 heavy (non-hydrogen) atoms. The van der Waals surface area contributed by atoms with Crippen LogP contribution in [-0.4, -0.2) is 18.6 Å². The van der Waals surface area contributed by atoms with Gasteiger partial charge in [-0.1, -0.05) is 6.92 Å². The Hall–Kier alpha value is -0.410. The van der Waals surface area contributed by atoms with Crippen molar-refractivity contribution in [3.05, 3.63) is 23.7 Å². The van der Waals surface area contributed by atoms with E-state index < -0.39 is 0 Å². The van der Waals surface area contributed by atoms with Crippen LogP contribution < -0.4 is 5.32 Å². The number of nitrogens with one attached hydrogen (secondary N) is 1. The van der Waals surface area contributed by atoms with Crippen molar-refractivity contribution in [1.29, 1.82) is 0 Å². The molecule has 1 heterocycles. The van der Waals surface area contributed by atoms with Crippen LogP contribution in [0, 0.1) is 0 Å². The van der Waals surface area contributed by atoms with E-state index in [-0.39, 0.29) is 0 Å². The number of hydrogen-bond acceptors (Lipinski definition) is 3. The maximum atomic E-state index is 5.59. The normalized spacial score (nSPS) is 10.8. The summed E-state index contributed by atoms with van der Waals surface area (Å²) >= 11 is 1.92. The number of furan rings is 1. The summed E-state index contributed by atoms with van der Waals surface area (Å²) in [5.41, 5.74) is 0. The average molecular weight is 227 g/mol. The first kappa shape index (κ1) is 12.7. The highest BCUT2D eigenvalue weighted by Crippen LogP contribution is 2.07. The van der Waals surface area contributed by atoms with Gasteiger partial charge in [-0.2, -0.15) is 11.8 Å². The second-order valence-electron chi connectivity index (χ2n) is 3.60. The van der Waals surface area contributed by atoms with Crippen molar-refractivity contribution < 1.29 is 4.42 Å². The molecule has 3 heteroatoms. The number of rotatable bonds is 8. The van der Waals surface area contributed by atoms with Crippen LogP contribution in [0.15, 0.2) is 16.5 Å². The lowest BCUT2D eigenvalue weighted by molar-refractivity contribution is 0.449. The molecule has 0 aromatic carbocycles. The minimum Gasteiger partial charge on any atom is -0.465 e. The molecule has 0 fully saturated rings. The molecule has 0 saturated heterocycles. The second-order valence-corrected chi connectivity index (χ2v) is 4.58. The summed E-state index contributed by atoms with van der Waals surface area (Å²) in [5, 5.41) is 3.39. The number of unbranched alkanes of at least 4 members (excludes halogenated alkanes) is 1. The summed E-state index contributed by atoms with van der Waals surface area (Å²) < 4.78 is 5.59. The zero-order valence-electron chi connectivity index (χ0n) is 9.71. The molecule has 0 atom stereocenters. The van der Waals surface area contributed by atoms with Gasteiger partial charge in [-0.15, -0.1) is 0 Å². The molecule has 0 aliphatic carbocycles. The number of thioether (sulfide) groups is 1. The van der Waals surface area contributed by atoms with Gasteiger partial charge in [0.25, 0.3) is 0 Å². The molecular weight excluding hydrogens is 206 g/mol. The molecule has 0 bridgehead atoms. The lowest BCUT2D eigenvalue weighted by Gasteiger charge is -2.01. The largest absolute Gasteiger partial charge is 0.465 e. The molecule has 0 aliphatic heterocycles. The van der Waals surface area contributed by atoms with Gasteiger partial charge in [0.2, 0.25) is 0 Å². The molecule has 86 valence electrons. The van der Waals surface area contributed by atoms with E-state index in [1.165, 1.54) is 18.6 Å². The molecule has 0 aliphatic rings. The van der Waals surface area contributed by atoms with Gasteiger partial charge in [0, 0.05) is 6.42 Å². The smallest absolute Gasteiger partial charge is 0.117 e. The Kier molecular flexibility index (Phi) is 6.60. The number of hydrogen-bond donors (Lipinski definition) is 1. The fraction of sp³-hybridized carbons (Fsp3) is 0.667. The SMILES string of the molecule is CCc1ccc(CNCCCCSC)o1. The van der Waals surface area contributed by atoms with Crippen LogP contribution in [0.1, 0.15) is 31.3 Å². The van der Waals surface area contributed by atoms with Crippen LogP contribution in [-0.2, 0) is 13.0 Å². The highest BCUT2D eigenvalue weighted by molar-refractivity contribution is 7.98. The van der Waals surface area contributed by atoms with Crippen molar-refractivity contribution in [1.82, 2.24) is 5.32 Å². The summed E-state index contributed by atoms with van der Waals surface area (Å²) in [6, 6.07) is 4.12. The van der Waals surface area contributed by atoms with Gasteiger partial charge in [0.05, 0.1) is 6.54 Å². The third-order valence-corrected chi connectivity index (χ3v) is 3.01. The van der Waals surface area contributed by atoms with Crippen molar-refractivity contribution in [2.45, 2.75) is 32.7 Å². The summed E-state index contributed by atoms with van der Waals surface area (Å²) in [6.07, 6.45) is 5.69. The first-order chi connectivity index (χ1) is 7.36. The van der Waals surface area contributed by atoms with Crippen molar-refractivity contribution in [3.63, 3.8) is 0 Å². The quantitative estimate of drug-likeness (QED) is 0.691. The maximum Gasteiger partial charge on any atom is 0.117 e. The molecule has 1 aromatic heterocycles.